The van der Waals surface area contributed by atoms with E-state index in [-0.39, 0.29) is 12.1 Å². The second kappa shape index (κ2) is 5.13. The first kappa shape index (κ1) is 11.8. The highest BCUT2D eigenvalue weighted by atomic mass is 16.5. The molecule has 0 aliphatic carbocycles. The van der Waals surface area contributed by atoms with Gasteiger partial charge in [-0.3, -0.25) is 0 Å². The number of aromatic nitrogens is 3. The molecule has 3 N–H and O–H groups in total. The molecule has 0 spiro atoms. The maximum absolute atomic E-state index is 5.66. The summed E-state index contributed by atoms with van der Waals surface area (Å²) in [5.74, 6) is 0.791. The molecule has 0 unspecified atom stereocenters. The maximum atomic E-state index is 5.66. The van der Waals surface area contributed by atoms with Crippen LogP contribution in [0.5, 0.6) is 6.01 Å². The number of nitrogen functional groups attached to an aromatic ring is 1. The molecular formula is C10H18N6O. The monoisotopic (exact) mass is 238 g/mol. The predicted molar refractivity (Wildman–Crippen MR) is 65.1 cm³/mol. The molecule has 1 aromatic rings. The summed E-state index contributed by atoms with van der Waals surface area (Å²) >= 11 is 0. The topological polar surface area (TPSA) is 89.2 Å². The van der Waals surface area contributed by atoms with Crippen molar-refractivity contribution in [3.8, 4) is 6.01 Å². The number of hydrogen-bond donors (Lipinski definition) is 2. The van der Waals surface area contributed by atoms with Crippen LogP contribution in [0.1, 0.15) is 13.8 Å². The summed E-state index contributed by atoms with van der Waals surface area (Å²) in [4.78, 5) is 14.4. The van der Waals surface area contributed by atoms with Gasteiger partial charge in [-0.15, -0.1) is 0 Å². The molecule has 1 saturated heterocycles. The van der Waals surface area contributed by atoms with Gasteiger partial charge in [0.25, 0.3) is 0 Å². The Morgan fingerprint density at radius 2 is 1.94 bits per heavy atom. The van der Waals surface area contributed by atoms with Crippen molar-refractivity contribution in [2.24, 2.45) is 0 Å². The van der Waals surface area contributed by atoms with E-state index in [2.05, 4.69) is 25.2 Å². The summed E-state index contributed by atoms with van der Waals surface area (Å²) in [6.07, 6.45) is 0.0210. The molecule has 1 aliphatic rings. The Kier molecular flexibility index (Phi) is 3.58. The number of ether oxygens (including phenoxy) is 1. The highest BCUT2D eigenvalue weighted by Crippen LogP contribution is 2.14. The molecule has 0 saturated carbocycles. The lowest BCUT2D eigenvalue weighted by molar-refractivity contribution is 0.222. The summed E-state index contributed by atoms with van der Waals surface area (Å²) in [7, 11) is 0. The van der Waals surface area contributed by atoms with Gasteiger partial charge in [-0.1, -0.05) is 0 Å². The molecule has 1 fully saturated rings. The van der Waals surface area contributed by atoms with Gasteiger partial charge < -0.3 is 20.7 Å². The zero-order valence-electron chi connectivity index (χ0n) is 10.2. The Bertz CT molecular complexity index is 377. The zero-order valence-corrected chi connectivity index (χ0v) is 10.2. The van der Waals surface area contributed by atoms with Crippen LogP contribution in [0, 0.1) is 0 Å². The van der Waals surface area contributed by atoms with E-state index < -0.39 is 0 Å². The van der Waals surface area contributed by atoms with Crippen LogP contribution in [0.2, 0.25) is 0 Å². The largest absolute Gasteiger partial charge is 0.461 e. The van der Waals surface area contributed by atoms with Crippen molar-refractivity contribution < 1.29 is 4.74 Å². The van der Waals surface area contributed by atoms with Gasteiger partial charge in [0.1, 0.15) is 0 Å². The van der Waals surface area contributed by atoms with Crippen molar-refractivity contribution >= 4 is 11.9 Å². The average molecular weight is 238 g/mol. The lowest BCUT2D eigenvalue weighted by Crippen LogP contribution is -2.44. The lowest BCUT2D eigenvalue weighted by Gasteiger charge is -2.27. The minimum Gasteiger partial charge on any atom is -0.461 e. The first-order valence-corrected chi connectivity index (χ1v) is 5.79. The van der Waals surface area contributed by atoms with E-state index in [0.29, 0.717) is 12.0 Å². The fourth-order valence-corrected chi connectivity index (χ4v) is 1.63. The minimum atomic E-state index is 0.0210. The third-order valence-corrected chi connectivity index (χ3v) is 2.36. The standard InChI is InChI=1S/C10H18N6O/c1-7(2)17-10-14-8(11)13-9(15-10)16-5-3-12-4-6-16/h7,12H,3-6H2,1-2H3,(H2,11,13,14,15). The van der Waals surface area contributed by atoms with Crippen molar-refractivity contribution in [3.05, 3.63) is 0 Å². The number of anilines is 2. The van der Waals surface area contributed by atoms with Crippen LogP contribution in [0.25, 0.3) is 0 Å². The number of nitrogens with zero attached hydrogens (tertiary/aromatic N) is 4. The summed E-state index contributed by atoms with van der Waals surface area (Å²) < 4.78 is 5.44. The highest BCUT2D eigenvalue weighted by molar-refractivity contribution is 5.36. The van der Waals surface area contributed by atoms with E-state index in [0.717, 1.165) is 26.2 Å². The quantitative estimate of drug-likeness (QED) is 0.744. The van der Waals surface area contributed by atoms with Gasteiger partial charge in [0, 0.05) is 26.2 Å². The molecule has 0 radical (unpaired) electrons. The summed E-state index contributed by atoms with van der Waals surface area (Å²) in [6, 6.07) is 0.293. The van der Waals surface area contributed by atoms with Crippen molar-refractivity contribution in [3.63, 3.8) is 0 Å². The number of nitrogens with two attached hydrogens (primary N) is 1. The summed E-state index contributed by atoms with van der Waals surface area (Å²) in [5.41, 5.74) is 5.66. The highest BCUT2D eigenvalue weighted by Gasteiger charge is 2.16. The van der Waals surface area contributed by atoms with E-state index >= 15 is 0 Å². The van der Waals surface area contributed by atoms with E-state index in [4.69, 9.17) is 10.5 Å². The normalized spacial score (nSPS) is 16.3. The van der Waals surface area contributed by atoms with Gasteiger partial charge in [0.2, 0.25) is 11.9 Å². The molecule has 2 rings (SSSR count). The van der Waals surface area contributed by atoms with Crippen molar-refractivity contribution in [1.29, 1.82) is 0 Å². The van der Waals surface area contributed by atoms with Crippen LogP contribution in [0.4, 0.5) is 11.9 Å². The molecule has 0 bridgehead atoms. The number of piperazine rings is 1. The van der Waals surface area contributed by atoms with E-state index in [9.17, 15) is 0 Å². The molecule has 17 heavy (non-hydrogen) atoms. The van der Waals surface area contributed by atoms with Gasteiger partial charge in [-0.2, -0.15) is 15.0 Å². The zero-order chi connectivity index (χ0) is 12.3. The van der Waals surface area contributed by atoms with Gasteiger partial charge in [-0.25, -0.2) is 0 Å². The molecule has 0 amide bonds. The third kappa shape index (κ3) is 3.16. The third-order valence-electron chi connectivity index (χ3n) is 2.36. The number of nitrogens with one attached hydrogen (secondary N) is 1. The van der Waals surface area contributed by atoms with Gasteiger partial charge in [0.05, 0.1) is 6.10 Å². The van der Waals surface area contributed by atoms with E-state index in [1.807, 2.05) is 13.8 Å². The maximum Gasteiger partial charge on any atom is 0.323 e. The minimum absolute atomic E-state index is 0.0210. The molecule has 1 aromatic heterocycles. The van der Waals surface area contributed by atoms with Crippen LogP contribution >= 0.6 is 0 Å². The van der Waals surface area contributed by atoms with E-state index in [1.165, 1.54) is 0 Å². The SMILES string of the molecule is CC(C)Oc1nc(N)nc(N2CCNCC2)n1. The second-order valence-electron chi connectivity index (χ2n) is 4.18. The molecule has 7 heteroatoms. The molecule has 2 heterocycles. The molecule has 7 nitrogen and oxygen atoms in total. The van der Waals surface area contributed by atoms with Gasteiger partial charge >= 0.3 is 6.01 Å². The Morgan fingerprint density at radius 1 is 1.24 bits per heavy atom. The Hall–Kier alpha value is -1.63. The molecule has 0 atom stereocenters. The number of hydrogen-bond acceptors (Lipinski definition) is 7. The van der Waals surface area contributed by atoms with Crippen molar-refractivity contribution in [2.45, 2.75) is 20.0 Å². The second-order valence-corrected chi connectivity index (χ2v) is 4.18. The molecular weight excluding hydrogens is 220 g/mol. The molecule has 94 valence electrons. The van der Waals surface area contributed by atoms with Crippen LogP contribution in [0.3, 0.4) is 0 Å². The fraction of sp³-hybridized carbons (Fsp3) is 0.700. The van der Waals surface area contributed by atoms with Crippen LogP contribution in [0.15, 0.2) is 0 Å². The van der Waals surface area contributed by atoms with Crippen LogP contribution in [-0.2, 0) is 0 Å². The Labute approximate surface area is 100 Å². The smallest absolute Gasteiger partial charge is 0.323 e. The van der Waals surface area contributed by atoms with Crippen LogP contribution < -0.4 is 20.7 Å². The lowest BCUT2D eigenvalue weighted by atomic mass is 10.4. The first-order valence-electron chi connectivity index (χ1n) is 5.79. The van der Waals surface area contributed by atoms with Crippen molar-refractivity contribution in [2.75, 3.05) is 36.8 Å². The Morgan fingerprint density at radius 3 is 2.59 bits per heavy atom. The molecule has 0 aromatic carbocycles. The van der Waals surface area contributed by atoms with Crippen LogP contribution in [-0.4, -0.2) is 47.2 Å². The average Bonchev–Trinajstić information content (AvgIpc) is 2.28. The van der Waals surface area contributed by atoms with E-state index in [1.54, 1.807) is 0 Å². The van der Waals surface area contributed by atoms with Gasteiger partial charge in [0.15, 0.2) is 0 Å². The van der Waals surface area contributed by atoms with Gasteiger partial charge in [-0.05, 0) is 13.8 Å². The summed E-state index contributed by atoms with van der Waals surface area (Å²) in [5, 5.41) is 3.27. The predicted octanol–water partition coefficient (Wildman–Crippen LogP) is -0.349. The van der Waals surface area contributed by atoms with Crippen molar-refractivity contribution in [1.82, 2.24) is 20.3 Å². The Balaban J connectivity index is 2.18. The first-order chi connectivity index (χ1) is 8.15. The number of rotatable bonds is 3. The fourth-order valence-electron chi connectivity index (χ4n) is 1.63. The summed E-state index contributed by atoms with van der Waals surface area (Å²) in [6.45, 7) is 7.42. The molecule has 1 aliphatic heterocycles.